The van der Waals surface area contributed by atoms with E-state index in [2.05, 4.69) is 11.1 Å². The molecule has 1 aliphatic rings. The van der Waals surface area contributed by atoms with Gasteiger partial charge in [0.25, 0.3) is 0 Å². The van der Waals surface area contributed by atoms with Crippen LogP contribution in [0.2, 0.25) is 0 Å². The molecule has 1 aromatic carbocycles. The molecule has 1 atom stereocenters. The summed E-state index contributed by atoms with van der Waals surface area (Å²) in [6.45, 7) is 0. The third-order valence-electron chi connectivity index (χ3n) is 2.27. The molecule has 1 heterocycles. The molecule has 2 nitrogen and oxygen atoms in total. The van der Waals surface area contributed by atoms with E-state index in [-0.39, 0.29) is 6.04 Å². The Hall–Kier alpha value is -1.70. The highest BCUT2D eigenvalue weighted by Gasteiger charge is 2.13. The van der Waals surface area contributed by atoms with Gasteiger partial charge in [0.15, 0.2) is 0 Å². The molecule has 1 unspecified atom stereocenters. The SMILES string of the molecule is N=C(c1ccccc1)C1CC=CC=N1. The molecule has 0 fully saturated rings. The summed E-state index contributed by atoms with van der Waals surface area (Å²) in [6.07, 6.45) is 6.58. The van der Waals surface area contributed by atoms with E-state index >= 15 is 0 Å². The average molecular weight is 184 g/mol. The van der Waals surface area contributed by atoms with Crippen LogP contribution in [0.15, 0.2) is 47.5 Å². The summed E-state index contributed by atoms with van der Waals surface area (Å²) >= 11 is 0. The van der Waals surface area contributed by atoms with E-state index in [1.807, 2.05) is 36.4 Å². The van der Waals surface area contributed by atoms with E-state index in [1.54, 1.807) is 6.21 Å². The Morgan fingerprint density at radius 2 is 2.07 bits per heavy atom. The highest BCUT2D eigenvalue weighted by Crippen LogP contribution is 2.11. The quantitative estimate of drug-likeness (QED) is 0.685. The van der Waals surface area contributed by atoms with Gasteiger partial charge in [0.1, 0.15) is 0 Å². The first-order valence-electron chi connectivity index (χ1n) is 4.70. The number of benzene rings is 1. The highest BCUT2D eigenvalue weighted by atomic mass is 14.8. The minimum atomic E-state index is 0.00222. The Morgan fingerprint density at radius 3 is 2.71 bits per heavy atom. The Balaban J connectivity index is 2.17. The van der Waals surface area contributed by atoms with Crippen molar-refractivity contribution in [3.8, 4) is 0 Å². The van der Waals surface area contributed by atoms with E-state index in [9.17, 15) is 0 Å². The van der Waals surface area contributed by atoms with Gasteiger partial charge in [-0.15, -0.1) is 0 Å². The molecule has 70 valence electrons. The number of rotatable bonds is 2. The second kappa shape index (κ2) is 4.01. The van der Waals surface area contributed by atoms with Crippen LogP contribution in [0.1, 0.15) is 12.0 Å². The Bertz CT molecular complexity index is 377. The van der Waals surface area contributed by atoms with Gasteiger partial charge in [0.2, 0.25) is 0 Å². The molecule has 2 rings (SSSR count). The van der Waals surface area contributed by atoms with Gasteiger partial charge in [-0.25, -0.2) is 0 Å². The van der Waals surface area contributed by atoms with Crippen molar-refractivity contribution < 1.29 is 0 Å². The van der Waals surface area contributed by atoms with Gasteiger partial charge >= 0.3 is 0 Å². The van der Waals surface area contributed by atoms with Crippen LogP contribution < -0.4 is 0 Å². The zero-order chi connectivity index (χ0) is 9.80. The van der Waals surface area contributed by atoms with Crippen LogP contribution in [0, 0.1) is 5.41 Å². The van der Waals surface area contributed by atoms with Crippen LogP contribution in [0.4, 0.5) is 0 Å². The third kappa shape index (κ3) is 1.79. The number of hydrogen-bond acceptors (Lipinski definition) is 2. The molecule has 0 amide bonds. The molecule has 0 radical (unpaired) electrons. The maximum Gasteiger partial charge on any atom is 0.0952 e. The van der Waals surface area contributed by atoms with Gasteiger partial charge in [0.05, 0.1) is 11.8 Å². The second-order valence-corrected chi connectivity index (χ2v) is 3.26. The summed E-state index contributed by atoms with van der Waals surface area (Å²) in [5.74, 6) is 0. The van der Waals surface area contributed by atoms with Crippen molar-refractivity contribution in [2.24, 2.45) is 4.99 Å². The average Bonchev–Trinajstić information content (AvgIpc) is 2.30. The predicted molar refractivity (Wildman–Crippen MR) is 59.3 cm³/mol. The maximum absolute atomic E-state index is 7.98. The minimum absolute atomic E-state index is 0.00222. The first kappa shape index (κ1) is 8.88. The molecule has 1 aromatic rings. The number of allylic oxidation sites excluding steroid dienone is 1. The summed E-state index contributed by atoms with van der Waals surface area (Å²) in [6, 6.07) is 9.77. The number of aliphatic imine (C=N–C) groups is 1. The topological polar surface area (TPSA) is 36.2 Å². The fourth-order valence-corrected chi connectivity index (χ4v) is 1.49. The molecule has 0 saturated carbocycles. The molecular formula is C12H12N2. The first-order chi connectivity index (χ1) is 6.88. The van der Waals surface area contributed by atoms with Crippen LogP contribution in [-0.4, -0.2) is 18.0 Å². The highest BCUT2D eigenvalue weighted by molar-refractivity contribution is 6.03. The minimum Gasteiger partial charge on any atom is -0.302 e. The summed E-state index contributed by atoms with van der Waals surface area (Å²) in [5.41, 5.74) is 1.57. The molecule has 0 bridgehead atoms. The number of hydrogen-bond donors (Lipinski definition) is 1. The van der Waals surface area contributed by atoms with Crippen molar-refractivity contribution in [3.63, 3.8) is 0 Å². The van der Waals surface area contributed by atoms with E-state index < -0.39 is 0 Å². The molecule has 14 heavy (non-hydrogen) atoms. The fraction of sp³-hybridized carbons (Fsp3) is 0.167. The lowest BCUT2D eigenvalue weighted by Crippen LogP contribution is -2.19. The summed E-state index contributed by atoms with van der Waals surface area (Å²) in [5, 5.41) is 7.98. The van der Waals surface area contributed by atoms with Gasteiger partial charge in [-0.2, -0.15) is 0 Å². The van der Waals surface area contributed by atoms with Gasteiger partial charge in [-0.1, -0.05) is 36.4 Å². The molecule has 0 aliphatic carbocycles. The zero-order valence-corrected chi connectivity index (χ0v) is 7.85. The van der Waals surface area contributed by atoms with Crippen LogP contribution >= 0.6 is 0 Å². The van der Waals surface area contributed by atoms with Crippen LogP contribution in [-0.2, 0) is 0 Å². The first-order valence-corrected chi connectivity index (χ1v) is 4.70. The van der Waals surface area contributed by atoms with Gasteiger partial charge < -0.3 is 5.41 Å². The van der Waals surface area contributed by atoms with E-state index in [0.717, 1.165) is 12.0 Å². The zero-order valence-electron chi connectivity index (χ0n) is 7.85. The largest absolute Gasteiger partial charge is 0.302 e. The third-order valence-corrected chi connectivity index (χ3v) is 2.27. The molecule has 0 spiro atoms. The van der Waals surface area contributed by atoms with E-state index in [4.69, 9.17) is 5.41 Å². The lowest BCUT2D eigenvalue weighted by molar-refractivity contribution is 0.868. The molecule has 2 heteroatoms. The normalized spacial score (nSPS) is 19.6. The molecular weight excluding hydrogens is 172 g/mol. The number of nitrogens with one attached hydrogen (secondary N) is 1. The molecule has 0 saturated heterocycles. The summed E-state index contributed by atoms with van der Waals surface area (Å²) in [4.78, 5) is 4.27. The number of nitrogens with zero attached hydrogens (tertiary/aromatic N) is 1. The van der Waals surface area contributed by atoms with Gasteiger partial charge in [0, 0.05) is 6.21 Å². The standard InChI is InChI=1S/C12H12N2/c13-12(10-6-2-1-3-7-10)11-8-4-5-9-14-11/h1-7,9,11,13H,8H2. The Morgan fingerprint density at radius 1 is 1.29 bits per heavy atom. The van der Waals surface area contributed by atoms with Crippen LogP contribution in [0.3, 0.4) is 0 Å². The summed E-state index contributed by atoms with van der Waals surface area (Å²) < 4.78 is 0. The van der Waals surface area contributed by atoms with Crippen molar-refractivity contribution in [2.45, 2.75) is 12.5 Å². The Kier molecular flexibility index (Phi) is 2.54. The van der Waals surface area contributed by atoms with Crippen LogP contribution in [0.25, 0.3) is 0 Å². The van der Waals surface area contributed by atoms with E-state index in [1.165, 1.54) is 0 Å². The fourth-order valence-electron chi connectivity index (χ4n) is 1.49. The second-order valence-electron chi connectivity index (χ2n) is 3.26. The molecule has 1 aliphatic heterocycles. The Labute approximate surface area is 83.5 Å². The van der Waals surface area contributed by atoms with Gasteiger partial charge in [-0.05, 0) is 18.1 Å². The summed E-state index contributed by atoms with van der Waals surface area (Å²) in [7, 11) is 0. The maximum atomic E-state index is 7.98. The van der Waals surface area contributed by atoms with Crippen molar-refractivity contribution in [1.82, 2.24) is 0 Å². The lowest BCUT2D eigenvalue weighted by Gasteiger charge is -2.13. The van der Waals surface area contributed by atoms with Crippen molar-refractivity contribution in [1.29, 1.82) is 5.41 Å². The molecule has 0 aromatic heterocycles. The van der Waals surface area contributed by atoms with Gasteiger partial charge in [-0.3, -0.25) is 4.99 Å². The lowest BCUT2D eigenvalue weighted by atomic mass is 10.0. The monoisotopic (exact) mass is 184 g/mol. The smallest absolute Gasteiger partial charge is 0.0952 e. The van der Waals surface area contributed by atoms with Crippen LogP contribution in [0.5, 0.6) is 0 Å². The number of dihydropyridines is 1. The van der Waals surface area contributed by atoms with Crippen molar-refractivity contribution >= 4 is 11.9 Å². The van der Waals surface area contributed by atoms with Crippen molar-refractivity contribution in [3.05, 3.63) is 48.0 Å². The predicted octanol–water partition coefficient (Wildman–Crippen LogP) is 2.45. The molecule has 1 N–H and O–H groups in total. The van der Waals surface area contributed by atoms with Crippen molar-refractivity contribution in [2.75, 3.05) is 0 Å². The van der Waals surface area contributed by atoms with E-state index in [0.29, 0.717) is 5.71 Å².